The highest BCUT2D eigenvalue weighted by atomic mass is 16.5. The Bertz CT molecular complexity index is 890. The lowest BCUT2D eigenvalue weighted by Crippen LogP contribution is -2.11. The van der Waals surface area contributed by atoms with Crippen LogP contribution in [0.15, 0.2) is 24.3 Å². The number of hydrogen-bond donors (Lipinski definition) is 1. The third-order valence-electron chi connectivity index (χ3n) is 4.69. The normalized spacial score (nSPS) is 14.5. The zero-order chi connectivity index (χ0) is 16.7. The van der Waals surface area contributed by atoms with E-state index in [9.17, 15) is 0 Å². The zero-order valence-corrected chi connectivity index (χ0v) is 14.4. The quantitative estimate of drug-likeness (QED) is 0.787. The van der Waals surface area contributed by atoms with Crippen molar-refractivity contribution in [2.75, 3.05) is 13.7 Å². The highest BCUT2D eigenvalue weighted by molar-refractivity contribution is 5.86. The van der Waals surface area contributed by atoms with E-state index in [1.54, 1.807) is 7.11 Å². The number of rotatable bonds is 2. The minimum absolute atomic E-state index is 0.868. The van der Waals surface area contributed by atoms with Gasteiger partial charge in [0.25, 0.3) is 0 Å². The number of benzene rings is 1. The second-order valence-corrected chi connectivity index (χ2v) is 6.44. The Balaban J connectivity index is 1.84. The van der Waals surface area contributed by atoms with Crippen molar-refractivity contribution in [2.45, 2.75) is 33.4 Å². The smallest absolute Gasteiger partial charge is 0.123 e. The number of nitrogens with one attached hydrogen (secondary N) is 1. The Morgan fingerprint density at radius 1 is 1.08 bits per heavy atom. The molecule has 1 aromatic carbocycles. The van der Waals surface area contributed by atoms with Crippen LogP contribution in [0.3, 0.4) is 0 Å². The first-order valence-corrected chi connectivity index (χ1v) is 8.39. The topological polar surface area (TPSA) is 52.0 Å². The Labute approximate surface area is 141 Å². The van der Waals surface area contributed by atoms with Gasteiger partial charge in [-0.3, -0.25) is 4.68 Å². The summed E-state index contributed by atoms with van der Waals surface area (Å²) < 4.78 is 7.55. The highest BCUT2D eigenvalue weighted by Gasteiger charge is 2.14. The van der Waals surface area contributed by atoms with E-state index in [2.05, 4.69) is 42.0 Å². The predicted molar refractivity (Wildman–Crippen MR) is 95.3 cm³/mol. The molecule has 0 saturated carbocycles. The molecule has 0 bridgehead atoms. The van der Waals surface area contributed by atoms with Gasteiger partial charge in [-0.25, -0.2) is 4.98 Å². The molecule has 124 valence electrons. The summed E-state index contributed by atoms with van der Waals surface area (Å²) in [5.41, 5.74) is 6.38. The lowest BCUT2D eigenvalue weighted by atomic mass is 10.0. The lowest BCUT2D eigenvalue weighted by Gasteiger charge is -2.09. The summed E-state index contributed by atoms with van der Waals surface area (Å²) in [5, 5.41) is 9.37. The monoisotopic (exact) mass is 322 g/mol. The summed E-state index contributed by atoms with van der Waals surface area (Å²) in [6.45, 7) is 7.06. The fraction of sp³-hybridized carbons (Fsp3) is 0.368. The third kappa shape index (κ3) is 2.55. The first kappa shape index (κ1) is 15.1. The van der Waals surface area contributed by atoms with Crippen LogP contribution in [0.25, 0.3) is 22.3 Å². The van der Waals surface area contributed by atoms with Crippen LogP contribution in [0.5, 0.6) is 5.75 Å². The van der Waals surface area contributed by atoms with Crippen molar-refractivity contribution in [1.82, 2.24) is 20.1 Å². The van der Waals surface area contributed by atoms with Crippen LogP contribution >= 0.6 is 0 Å². The van der Waals surface area contributed by atoms with Crippen LogP contribution in [-0.4, -0.2) is 28.4 Å². The van der Waals surface area contributed by atoms with Crippen molar-refractivity contribution in [2.24, 2.45) is 0 Å². The van der Waals surface area contributed by atoms with Crippen LogP contribution in [-0.2, 0) is 13.1 Å². The first-order chi connectivity index (χ1) is 11.7. The average molecular weight is 322 g/mol. The van der Waals surface area contributed by atoms with Gasteiger partial charge in [0.1, 0.15) is 11.4 Å². The van der Waals surface area contributed by atoms with Crippen LogP contribution < -0.4 is 10.1 Å². The maximum absolute atomic E-state index is 5.45. The van der Waals surface area contributed by atoms with E-state index in [4.69, 9.17) is 14.8 Å². The van der Waals surface area contributed by atoms with E-state index in [1.165, 1.54) is 16.6 Å². The fourth-order valence-electron chi connectivity index (χ4n) is 3.37. The number of ether oxygens (including phenoxy) is 1. The first-order valence-electron chi connectivity index (χ1n) is 8.39. The number of nitrogens with zero attached hydrogens (tertiary/aromatic N) is 3. The standard InChI is InChI=1S/C19H22N4O/c1-12-8-17(18-9-14-11-20-5-4-6-23(14)22-18)21-16-10-19(24-3)13(2)7-15(12)16/h7-10,20H,4-6,11H2,1-3H3. The Hall–Kier alpha value is -2.40. The van der Waals surface area contributed by atoms with Gasteiger partial charge < -0.3 is 10.1 Å². The number of pyridine rings is 1. The maximum atomic E-state index is 5.45. The molecule has 3 aromatic rings. The number of fused-ring (bicyclic) bond motifs is 2. The molecule has 4 rings (SSSR count). The van der Waals surface area contributed by atoms with E-state index < -0.39 is 0 Å². The zero-order valence-electron chi connectivity index (χ0n) is 14.4. The molecule has 3 heterocycles. The maximum Gasteiger partial charge on any atom is 0.123 e. The second kappa shape index (κ2) is 5.91. The summed E-state index contributed by atoms with van der Waals surface area (Å²) in [7, 11) is 1.70. The molecule has 0 fully saturated rings. The van der Waals surface area contributed by atoms with E-state index in [1.807, 2.05) is 6.07 Å². The molecule has 1 aliphatic heterocycles. The molecule has 2 aromatic heterocycles. The summed E-state index contributed by atoms with van der Waals surface area (Å²) in [5.74, 6) is 0.872. The van der Waals surface area contributed by atoms with Crippen LogP contribution in [0, 0.1) is 13.8 Å². The van der Waals surface area contributed by atoms with Gasteiger partial charge in [0.2, 0.25) is 0 Å². The van der Waals surface area contributed by atoms with Crippen molar-refractivity contribution in [1.29, 1.82) is 0 Å². The Morgan fingerprint density at radius 2 is 1.96 bits per heavy atom. The Morgan fingerprint density at radius 3 is 2.79 bits per heavy atom. The number of methoxy groups -OCH3 is 1. The van der Waals surface area contributed by atoms with E-state index >= 15 is 0 Å². The largest absolute Gasteiger partial charge is 0.496 e. The molecule has 0 spiro atoms. The van der Waals surface area contributed by atoms with Crippen molar-refractivity contribution < 1.29 is 4.74 Å². The molecule has 0 unspecified atom stereocenters. The molecular formula is C19H22N4O. The molecule has 0 amide bonds. The van der Waals surface area contributed by atoms with Crippen molar-refractivity contribution in [3.05, 3.63) is 41.1 Å². The van der Waals surface area contributed by atoms with Crippen molar-refractivity contribution >= 4 is 10.9 Å². The molecule has 5 heteroatoms. The van der Waals surface area contributed by atoms with Crippen molar-refractivity contribution in [3.8, 4) is 17.1 Å². The number of aromatic nitrogens is 3. The molecule has 1 aliphatic rings. The molecule has 5 nitrogen and oxygen atoms in total. The van der Waals surface area contributed by atoms with Gasteiger partial charge in [0, 0.05) is 24.5 Å². The van der Waals surface area contributed by atoms with Crippen molar-refractivity contribution in [3.63, 3.8) is 0 Å². The second-order valence-electron chi connectivity index (χ2n) is 6.44. The summed E-state index contributed by atoms with van der Waals surface area (Å²) >= 11 is 0. The van der Waals surface area contributed by atoms with Gasteiger partial charge in [-0.15, -0.1) is 0 Å². The molecule has 0 radical (unpaired) electrons. The lowest BCUT2D eigenvalue weighted by molar-refractivity contribution is 0.412. The number of aryl methyl sites for hydroxylation is 3. The molecule has 0 saturated heterocycles. The van der Waals surface area contributed by atoms with Gasteiger partial charge in [0.05, 0.1) is 24.0 Å². The average Bonchev–Trinajstić information content (AvgIpc) is 2.86. The van der Waals surface area contributed by atoms with Gasteiger partial charge >= 0.3 is 0 Å². The molecule has 0 atom stereocenters. The molecule has 1 N–H and O–H groups in total. The summed E-state index contributed by atoms with van der Waals surface area (Å²) in [6, 6.07) is 8.44. The van der Waals surface area contributed by atoms with E-state index in [0.29, 0.717) is 0 Å². The highest BCUT2D eigenvalue weighted by Crippen LogP contribution is 2.29. The van der Waals surface area contributed by atoms with Gasteiger partial charge in [-0.2, -0.15) is 5.10 Å². The van der Waals surface area contributed by atoms with Crippen LogP contribution in [0.4, 0.5) is 0 Å². The van der Waals surface area contributed by atoms with E-state index in [0.717, 1.165) is 54.3 Å². The minimum Gasteiger partial charge on any atom is -0.496 e. The fourth-order valence-corrected chi connectivity index (χ4v) is 3.37. The SMILES string of the molecule is COc1cc2nc(-c3cc4n(n3)CCCNC4)cc(C)c2cc1C. The van der Waals surface area contributed by atoms with Crippen LogP contribution in [0.2, 0.25) is 0 Å². The molecule has 0 aliphatic carbocycles. The number of hydrogen-bond acceptors (Lipinski definition) is 4. The third-order valence-corrected chi connectivity index (χ3v) is 4.69. The molecular weight excluding hydrogens is 300 g/mol. The summed E-state index contributed by atoms with van der Waals surface area (Å²) in [4.78, 5) is 4.85. The van der Waals surface area contributed by atoms with Gasteiger partial charge in [-0.05, 0) is 56.1 Å². The summed E-state index contributed by atoms with van der Waals surface area (Å²) in [6.07, 6.45) is 1.11. The predicted octanol–water partition coefficient (Wildman–Crippen LogP) is 3.22. The minimum atomic E-state index is 0.868. The van der Waals surface area contributed by atoms with Crippen LogP contribution in [0.1, 0.15) is 23.2 Å². The molecule has 24 heavy (non-hydrogen) atoms. The Kier molecular flexibility index (Phi) is 3.73. The van der Waals surface area contributed by atoms with Gasteiger partial charge in [-0.1, -0.05) is 0 Å². The van der Waals surface area contributed by atoms with E-state index in [-0.39, 0.29) is 0 Å². The van der Waals surface area contributed by atoms with Gasteiger partial charge in [0.15, 0.2) is 0 Å².